The lowest BCUT2D eigenvalue weighted by molar-refractivity contribution is -0.128. The van der Waals surface area contributed by atoms with Crippen molar-refractivity contribution in [2.45, 2.75) is 78.0 Å². The van der Waals surface area contributed by atoms with Crippen molar-refractivity contribution < 1.29 is 28.3 Å². The van der Waals surface area contributed by atoms with Gasteiger partial charge in [-0.2, -0.15) is 0 Å². The zero-order valence-electron chi connectivity index (χ0n) is 26.3. The van der Waals surface area contributed by atoms with Gasteiger partial charge < -0.3 is 24.5 Å². The van der Waals surface area contributed by atoms with Gasteiger partial charge >= 0.3 is 6.09 Å². The first kappa shape index (κ1) is 32.9. The normalized spacial score (nSPS) is 17.4. The predicted octanol–water partition coefficient (Wildman–Crippen LogP) is 5.81. The summed E-state index contributed by atoms with van der Waals surface area (Å²) >= 11 is 0. The minimum atomic E-state index is -0.700. The lowest BCUT2D eigenvalue weighted by Crippen LogP contribution is -2.54. The number of carbonyl (C=O) groups excluding carboxylic acids is 3. The van der Waals surface area contributed by atoms with Crippen LogP contribution < -0.4 is 20.8 Å². The SMILES string of the molecule is COc1ccc2oc(C(=O)N[C@@H](CC(C)C)C(=O)NN3CC(C)C[C@@H]3CCCCCNC(=O)OCc3ccccc3)cc2c1. The smallest absolute Gasteiger partial charge is 0.407 e. The zero-order valence-corrected chi connectivity index (χ0v) is 26.3. The molecule has 0 saturated carbocycles. The van der Waals surface area contributed by atoms with Gasteiger partial charge in [-0.15, -0.1) is 0 Å². The summed E-state index contributed by atoms with van der Waals surface area (Å²) in [6, 6.07) is 16.1. The van der Waals surface area contributed by atoms with E-state index in [1.807, 2.05) is 49.2 Å². The van der Waals surface area contributed by atoms with Crippen LogP contribution in [0.2, 0.25) is 0 Å². The van der Waals surface area contributed by atoms with E-state index in [4.69, 9.17) is 13.9 Å². The Morgan fingerprint density at radius 2 is 1.84 bits per heavy atom. The van der Waals surface area contributed by atoms with E-state index in [1.54, 1.807) is 31.4 Å². The van der Waals surface area contributed by atoms with Crippen molar-refractivity contribution in [1.82, 2.24) is 21.1 Å². The Balaban J connectivity index is 1.22. The van der Waals surface area contributed by atoms with Crippen molar-refractivity contribution in [3.8, 4) is 5.75 Å². The molecule has 0 radical (unpaired) electrons. The van der Waals surface area contributed by atoms with Gasteiger partial charge in [-0.3, -0.25) is 15.0 Å². The summed E-state index contributed by atoms with van der Waals surface area (Å²) in [5, 5.41) is 8.51. The van der Waals surface area contributed by atoms with Crippen LogP contribution >= 0.6 is 0 Å². The van der Waals surface area contributed by atoms with Gasteiger partial charge in [-0.1, -0.05) is 63.9 Å². The highest BCUT2D eigenvalue weighted by Crippen LogP contribution is 2.26. The molecular formula is C34H46N4O6. The molecule has 1 aliphatic heterocycles. The molecule has 3 atom stereocenters. The van der Waals surface area contributed by atoms with Crippen molar-refractivity contribution in [1.29, 1.82) is 0 Å². The molecule has 1 aliphatic rings. The molecule has 238 valence electrons. The average Bonchev–Trinajstić information content (AvgIpc) is 3.59. The maximum absolute atomic E-state index is 13.5. The molecule has 3 N–H and O–H groups in total. The van der Waals surface area contributed by atoms with Crippen LogP contribution in [0.15, 0.2) is 59.0 Å². The van der Waals surface area contributed by atoms with E-state index in [9.17, 15) is 14.4 Å². The van der Waals surface area contributed by atoms with E-state index in [0.717, 1.165) is 49.6 Å². The minimum Gasteiger partial charge on any atom is -0.497 e. The first-order valence-electron chi connectivity index (χ1n) is 15.6. The highest BCUT2D eigenvalue weighted by molar-refractivity contribution is 5.98. The Morgan fingerprint density at radius 3 is 2.59 bits per heavy atom. The van der Waals surface area contributed by atoms with E-state index < -0.39 is 18.0 Å². The number of amides is 3. The summed E-state index contributed by atoms with van der Waals surface area (Å²) in [6.07, 6.45) is 4.82. The molecular weight excluding hydrogens is 560 g/mol. The molecule has 1 fully saturated rings. The maximum Gasteiger partial charge on any atom is 0.407 e. The fraction of sp³-hybridized carbons (Fsp3) is 0.500. The molecule has 1 unspecified atom stereocenters. The second kappa shape index (κ2) is 16.1. The van der Waals surface area contributed by atoms with Gasteiger partial charge in [0.25, 0.3) is 11.8 Å². The lowest BCUT2D eigenvalue weighted by Gasteiger charge is -2.28. The van der Waals surface area contributed by atoms with Gasteiger partial charge in [0.15, 0.2) is 5.76 Å². The predicted molar refractivity (Wildman–Crippen MR) is 169 cm³/mol. The van der Waals surface area contributed by atoms with Crippen molar-refractivity contribution in [2.75, 3.05) is 20.2 Å². The number of nitrogens with one attached hydrogen (secondary N) is 3. The Hall–Kier alpha value is -4.05. The van der Waals surface area contributed by atoms with E-state index in [1.165, 1.54) is 0 Å². The quantitative estimate of drug-likeness (QED) is 0.187. The third-order valence-electron chi connectivity index (χ3n) is 7.85. The van der Waals surface area contributed by atoms with Crippen LogP contribution in [0.25, 0.3) is 11.0 Å². The zero-order chi connectivity index (χ0) is 31.5. The van der Waals surface area contributed by atoms with E-state index in [2.05, 4.69) is 23.0 Å². The molecule has 3 amide bonds. The summed E-state index contributed by atoms with van der Waals surface area (Å²) in [4.78, 5) is 38.5. The molecule has 0 bridgehead atoms. The fourth-order valence-corrected chi connectivity index (χ4v) is 5.62. The van der Waals surface area contributed by atoms with Gasteiger partial charge in [0.05, 0.1) is 7.11 Å². The molecule has 1 saturated heterocycles. The molecule has 4 rings (SSSR count). The summed E-state index contributed by atoms with van der Waals surface area (Å²) in [7, 11) is 1.59. The van der Waals surface area contributed by atoms with Crippen LogP contribution in [0.3, 0.4) is 0 Å². The standard InChI is InChI=1S/C34H46N4O6/c1-23(2)17-29(36-33(40)31-20-26-19-28(42-4)14-15-30(26)44-31)32(39)37-38-21-24(3)18-27(38)13-9-6-10-16-35-34(41)43-22-25-11-7-5-8-12-25/h5,7-8,11-12,14-15,19-20,23-24,27,29H,6,9-10,13,16-18,21-22H2,1-4H3,(H,35,41)(H,36,40)(H,37,39)/t24?,27-,29-/m0/s1. The second-order valence-electron chi connectivity index (χ2n) is 12.1. The lowest BCUT2D eigenvalue weighted by atomic mass is 10.0. The van der Waals surface area contributed by atoms with Crippen LogP contribution in [0, 0.1) is 11.8 Å². The van der Waals surface area contributed by atoms with Gasteiger partial charge in [0.1, 0.15) is 24.0 Å². The van der Waals surface area contributed by atoms with Crippen LogP contribution in [-0.4, -0.2) is 55.2 Å². The Morgan fingerprint density at radius 1 is 1.05 bits per heavy atom. The number of furan rings is 1. The first-order chi connectivity index (χ1) is 21.2. The van der Waals surface area contributed by atoms with Crippen molar-refractivity contribution in [3.63, 3.8) is 0 Å². The van der Waals surface area contributed by atoms with Crippen LogP contribution in [0.4, 0.5) is 4.79 Å². The third kappa shape index (κ3) is 9.74. The summed E-state index contributed by atoms with van der Waals surface area (Å²) in [6.45, 7) is 7.82. The molecule has 2 aromatic carbocycles. The summed E-state index contributed by atoms with van der Waals surface area (Å²) < 4.78 is 16.3. The van der Waals surface area contributed by atoms with Gasteiger partial charge in [-0.05, 0) is 67.3 Å². The molecule has 44 heavy (non-hydrogen) atoms. The number of methoxy groups -OCH3 is 1. The number of hydrogen-bond donors (Lipinski definition) is 3. The number of carbonyl (C=O) groups is 3. The monoisotopic (exact) mass is 606 g/mol. The highest BCUT2D eigenvalue weighted by atomic mass is 16.5. The number of ether oxygens (including phenoxy) is 2. The number of fused-ring (bicyclic) bond motifs is 1. The molecule has 0 spiro atoms. The fourth-order valence-electron chi connectivity index (χ4n) is 5.62. The molecule has 1 aromatic heterocycles. The number of rotatable bonds is 15. The average molecular weight is 607 g/mol. The highest BCUT2D eigenvalue weighted by Gasteiger charge is 2.33. The Bertz CT molecular complexity index is 1370. The molecule has 2 heterocycles. The van der Waals surface area contributed by atoms with Crippen molar-refractivity contribution >= 4 is 28.9 Å². The van der Waals surface area contributed by atoms with E-state index in [0.29, 0.717) is 30.2 Å². The summed E-state index contributed by atoms with van der Waals surface area (Å²) in [5.41, 5.74) is 4.65. The first-order valence-corrected chi connectivity index (χ1v) is 15.6. The second-order valence-corrected chi connectivity index (χ2v) is 12.1. The Labute approximate surface area is 259 Å². The molecule has 10 nitrogen and oxygen atoms in total. The Kier molecular flexibility index (Phi) is 12.1. The molecule has 3 aromatic rings. The van der Waals surface area contributed by atoms with Crippen LogP contribution in [0.5, 0.6) is 5.75 Å². The van der Waals surface area contributed by atoms with Gasteiger partial charge in [0.2, 0.25) is 0 Å². The maximum atomic E-state index is 13.5. The number of alkyl carbamates (subject to hydrolysis) is 1. The van der Waals surface area contributed by atoms with E-state index in [-0.39, 0.29) is 30.2 Å². The van der Waals surface area contributed by atoms with Crippen LogP contribution in [-0.2, 0) is 16.1 Å². The van der Waals surface area contributed by atoms with Crippen molar-refractivity contribution in [3.05, 3.63) is 65.9 Å². The largest absolute Gasteiger partial charge is 0.497 e. The van der Waals surface area contributed by atoms with Gasteiger partial charge in [-0.25, -0.2) is 9.80 Å². The minimum absolute atomic E-state index is 0.154. The number of hydrogen-bond acceptors (Lipinski definition) is 7. The third-order valence-corrected chi connectivity index (χ3v) is 7.85. The van der Waals surface area contributed by atoms with Crippen molar-refractivity contribution in [2.24, 2.45) is 11.8 Å². The number of benzene rings is 2. The number of unbranched alkanes of at least 4 members (excludes halogenated alkanes) is 2. The van der Waals surface area contributed by atoms with Gasteiger partial charge in [0, 0.05) is 24.5 Å². The molecule has 10 heteroatoms. The van der Waals surface area contributed by atoms with E-state index >= 15 is 0 Å². The topological polar surface area (TPSA) is 122 Å². The van der Waals surface area contributed by atoms with Crippen LogP contribution in [0.1, 0.15) is 75.4 Å². The summed E-state index contributed by atoms with van der Waals surface area (Å²) in [5.74, 6) is 0.830. The number of nitrogens with zero attached hydrogens (tertiary/aromatic N) is 1. The number of hydrazine groups is 1. The molecule has 0 aliphatic carbocycles.